The van der Waals surface area contributed by atoms with Gasteiger partial charge in [0.25, 0.3) is 5.79 Å². The molecule has 0 bridgehead atoms. The number of ether oxygens (including phenoxy) is 2. The maximum absolute atomic E-state index is 13.0. The molecule has 1 aromatic heterocycles. The summed E-state index contributed by atoms with van der Waals surface area (Å²) in [5.74, 6) is -0.960. The van der Waals surface area contributed by atoms with Crippen molar-refractivity contribution in [3.8, 4) is 23.0 Å². The van der Waals surface area contributed by atoms with E-state index in [1.807, 2.05) is 0 Å². The lowest BCUT2D eigenvalue weighted by molar-refractivity contribution is -0.117. The molecule has 0 atom stereocenters. The van der Waals surface area contributed by atoms with Crippen molar-refractivity contribution >= 4 is 11.6 Å². The van der Waals surface area contributed by atoms with E-state index < -0.39 is 23.3 Å². The van der Waals surface area contributed by atoms with Crippen LogP contribution < -0.4 is 20.5 Å². The molecule has 154 valence electrons. The van der Waals surface area contributed by atoms with Crippen molar-refractivity contribution in [2.45, 2.75) is 38.0 Å². The third kappa shape index (κ3) is 3.42. The van der Waals surface area contributed by atoms with Gasteiger partial charge in [-0.05, 0) is 49.2 Å². The molecule has 9 heteroatoms. The molecule has 5 rings (SSSR count). The van der Waals surface area contributed by atoms with Crippen molar-refractivity contribution in [2.24, 2.45) is 0 Å². The minimum Gasteiger partial charge on any atom is -0.448 e. The van der Waals surface area contributed by atoms with E-state index in [2.05, 4.69) is 10.4 Å². The number of fused-ring (bicyclic) bond motifs is 1. The number of amides is 1. The molecule has 2 heterocycles. The van der Waals surface area contributed by atoms with Crippen LogP contribution in [0.5, 0.6) is 11.5 Å². The number of carbonyl (C=O) groups excluding carboxylic acids is 1. The Kier molecular flexibility index (Phi) is 4.30. The molecule has 8 nitrogen and oxygen atoms in total. The van der Waals surface area contributed by atoms with Crippen LogP contribution >= 0.6 is 0 Å². The van der Waals surface area contributed by atoms with Gasteiger partial charge in [0, 0.05) is 30.2 Å². The van der Waals surface area contributed by atoms with Crippen molar-refractivity contribution in [2.75, 3.05) is 5.32 Å². The number of carbonyl (C=O) groups is 1. The maximum Gasteiger partial charge on any atom is 0.437 e. The van der Waals surface area contributed by atoms with E-state index in [1.54, 1.807) is 18.2 Å². The number of aromatic nitrogens is 2. The maximum atomic E-state index is 13.0. The van der Waals surface area contributed by atoms with Crippen LogP contribution in [0.25, 0.3) is 11.5 Å². The number of anilines is 1. The highest BCUT2D eigenvalue weighted by Crippen LogP contribution is 2.47. The van der Waals surface area contributed by atoms with E-state index in [0.717, 1.165) is 30.4 Å². The Bertz CT molecular complexity index is 1160. The Balaban J connectivity index is 1.27. The quantitative estimate of drug-likeness (QED) is 0.708. The monoisotopic (exact) mass is 411 g/mol. The summed E-state index contributed by atoms with van der Waals surface area (Å²) in [7, 11) is 0. The predicted octanol–water partition coefficient (Wildman–Crippen LogP) is 3.32. The molecule has 1 spiro atoms. The first kappa shape index (κ1) is 18.4. The van der Waals surface area contributed by atoms with E-state index in [0.29, 0.717) is 22.7 Å². The van der Waals surface area contributed by atoms with Gasteiger partial charge in [-0.25, -0.2) is 9.18 Å². The van der Waals surface area contributed by atoms with Crippen molar-refractivity contribution in [1.82, 2.24) is 9.78 Å². The second-order valence-corrected chi connectivity index (χ2v) is 7.37. The molecule has 1 fully saturated rings. The van der Waals surface area contributed by atoms with Crippen molar-refractivity contribution in [3.63, 3.8) is 0 Å². The van der Waals surface area contributed by atoms with Crippen LogP contribution in [0.4, 0.5) is 10.1 Å². The summed E-state index contributed by atoms with van der Waals surface area (Å²) in [6.07, 6.45) is 3.80. The summed E-state index contributed by atoms with van der Waals surface area (Å²) in [5.41, 5.74) is 0.956. The SMILES string of the molecule is O=C(Cn1nc(-c2ccc(F)cc2)oc1=O)Nc1ccc2c(c1)OC1(CCCC1)O2. The van der Waals surface area contributed by atoms with Crippen molar-refractivity contribution in [3.05, 3.63) is 58.8 Å². The third-order valence-electron chi connectivity index (χ3n) is 5.18. The molecule has 1 saturated carbocycles. The predicted molar refractivity (Wildman–Crippen MR) is 104 cm³/mol. The average molecular weight is 411 g/mol. The molecule has 3 aromatic rings. The molecule has 0 radical (unpaired) electrons. The number of hydrogen-bond acceptors (Lipinski definition) is 6. The molecule has 1 aliphatic carbocycles. The van der Waals surface area contributed by atoms with Gasteiger partial charge in [-0.3, -0.25) is 4.79 Å². The van der Waals surface area contributed by atoms with Crippen molar-refractivity contribution < 1.29 is 23.1 Å². The summed E-state index contributed by atoms with van der Waals surface area (Å²) >= 11 is 0. The normalized spacial score (nSPS) is 16.2. The Morgan fingerprint density at radius 3 is 2.60 bits per heavy atom. The molecule has 0 saturated heterocycles. The summed E-state index contributed by atoms with van der Waals surface area (Å²) in [6.45, 7) is -0.331. The van der Waals surface area contributed by atoms with Crippen LogP contribution in [-0.2, 0) is 11.3 Å². The molecule has 30 heavy (non-hydrogen) atoms. The zero-order chi connectivity index (χ0) is 20.7. The summed E-state index contributed by atoms with van der Waals surface area (Å²) in [6, 6.07) is 10.5. The molecule has 1 aliphatic heterocycles. The fraction of sp³-hybridized carbons (Fsp3) is 0.286. The summed E-state index contributed by atoms with van der Waals surface area (Å²) < 4.78 is 31.0. The fourth-order valence-electron chi connectivity index (χ4n) is 3.74. The van der Waals surface area contributed by atoms with Gasteiger partial charge < -0.3 is 19.2 Å². The number of hydrogen-bond donors (Lipinski definition) is 1. The number of benzene rings is 2. The molecule has 2 aliphatic rings. The van der Waals surface area contributed by atoms with Crippen LogP contribution in [0, 0.1) is 5.82 Å². The highest BCUT2D eigenvalue weighted by Gasteiger charge is 2.44. The Hall–Kier alpha value is -3.62. The largest absolute Gasteiger partial charge is 0.448 e. The van der Waals surface area contributed by atoms with Crippen LogP contribution in [0.1, 0.15) is 25.7 Å². The van der Waals surface area contributed by atoms with E-state index in [-0.39, 0.29) is 12.4 Å². The number of rotatable bonds is 4. The van der Waals surface area contributed by atoms with Crippen LogP contribution in [0.3, 0.4) is 0 Å². The minimum atomic E-state index is -0.779. The smallest absolute Gasteiger partial charge is 0.437 e. The average Bonchev–Trinajstić information content (AvgIpc) is 3.42. The first-order valence-electron chi connectivity index (χ1n) is 9.66. The lowest BCUT2D eigenvalue weighted by Gasteiger charge is -2.21. The van der Waals surface area contributed by atoms with Gasteiger partial charge in [0.05, 0.1) is 0 Å². The van der Waals surface area contributed by atoms with E-state index in [1.165, 1.54) is 24.3 Å². The minimum absolute atomic E-state index is 0.0118. The topological polar surface area (TPSA) is 95.6 Å². The van der Waals surface area contributed by atoms with E-state index in [9.17, 15) is 14.0 Å². The first-order valence-corrected chi connectivity index (χ1v) is 9.66. The van der Waals surface area contributed by atoms with E-state index >= 15 is 0 Å². The zero-order valence-electron chi connectivity index (χ0n) is 15.9. The Morgan fingerprint density at radius 1 is 1.10 bits per heavy atom. The van der Waals surface area contributed by atoms with Gasteiger partial charge >= 0.3 is 5.76 Å². The van der Waals surface area contributed by atoms with Gasteiger partial charge in [0.1, 0.15) is 12.4 Å². The summed E-state index contributed by atoms with van der Waals surface area (Å²) in [5, 5.41) is 6.72. The number of halogens is 1. The van der Waals surface area contributed by atoms with Crippen LogP contribution in [0.2, 0.25) is 0 Å². The Labute approximate surface area is 170 Å². The first-order chi connectivity index (χ1) is 14.5. The lowest BCUT2D eigenvalue weighted by Crippen LogP contribution is -2.34. The van der Waals surface area contributed by atoms with Crippen LogP contribution in [-0.4, -0.2) is 21.5 Å². The second kappa shape index (κ2) is 7.01. The van der Waals surface area contributed by atoms with Gasteiger partial charge in [-0.2, -0.15) is 4.68 Å². The van der Waals surface area contributed by atoms with Gasteiger partial charge in [-0.1, -0.05) is 0 Å². The molecule has 1 N–H and O–H groups in total. The van der Waals surface area contributed by atoms with Crippen molar-refractivity contribution in [1.29, 1.82) is 0 Å². The van der Waals surface area contributed by atoms with Gasteiger partial charge in [-0.15, -0.1) is 5.10 Å². The fourth-order valence-corrected chi connectivity index (χ4v) is 3.74. The van der Waals surface area contributed by atoms with E-state index in [4.69, 9.17) is 13.9 Å². The highest BCUT2D eigenvalue weighted by molar-refractivity contribution is 5.90. The number of nitrogens with one attached hydrogen (secondary N) is 1. The highest BCUT2D eigenvalue weighted by atomic mass is 19.1. The molecular formula is C21H18FN3O5. The molecular weight excluding hydrogens is 393 g/mol. The summed E-state index contributed by atoms with van der Waals surface area (Å²) in [4.78, 5) is 24.4. The van der Waals surface area contributed by atoms with Gasteiger partial charge in [0.2, 0.25) is 11.8 Å². The molecule has 2 aromatic carbocycles. The standard InChI is InChI=1S/C21H18FN3O5/c22-14-5-3-13(4-6-14)19-24-25(20(27)28-19)12-18(26)23-15-7-8-16-17(11-15)30-21(29-16)9-1-2-10-21/h3-8,11H,1-2,9-10,12H2,(H,23,26). The Morgan fingerprint density at radius 2 is 1.83 bits per heavy atom. The second-order valence-electron chi connectivity index (χ2n) is 7.37. The molecule has 0 unspecified atom stereocenters. The lowest BCUT2D eigenvalue weighted by atomic mass is 10.2. The third-order valence-corrected chi connectivity index (χ3v) is 5.18. The number of nitrogens with zero attached hydrogens (tertiary/aromatic N) is 2. The van der Waals surface area contributed by atoms with Crippen LogP contribution in [0.15, 0.2) is 51.7 Å². The van der Waals surface area contributed by atoms with Gasteiger partial charge in [0.15, 0.2) is 11.5 Å². The zero-order valence-corrected chi connectivity index (χ0v) is 15.9. The molecule has 1 amide bonds.